The summed E-state index contributed by atoms with van der Waals surface area (Å²) >= 11 is 0. The van der Waals surface area contributed by atoms with Gasteiger partial charge >= 0.3 is 0 Å². The third-order valence-electron chi connectivity index (χ3n) is 4.17. The van der Waals surface area contributed by atoms with Crippen molar-refractivity contribution in [3.8, 4) is 17.3 Å². The van der Waals surface area contributed by atoms with E-state index in [9.17, 15) is 4.39 Å². The summed E-state index contributed by atoms with van der Waals surface area (Å²) < 4.78 is 13.2. The number of rotatable bonds is 4. The number of benzene rings is 1. The highest BCUT2D eigenvalue weighted by molar-refractivity contribution is 5.77. The minimum absolute atomic E-state index is 0.328. The maximum Gasteiger partial charge on any atom is 0.223 e. The van der Waals surface area contributed by atoms with E-state index in [1.54, 1.807) is 18.3 Å². The lowest BCUT2D eigenvalue weighted by molar-refractivity contribution is 0.588. The van der Waals surface area contributed by atoms with E-state index in [0.717, 1.165) is 27.9 Å². The number of pyridine rings is 1. The zero-order chi connectivity index (χ0) is 18.8. The van der Waals surface area contributed by atoms with Gasteiger partial charge in [0.1, 0.15) is 0 Å². The van der Waals surface area contributed by atoms with Gasteiger partial charge < -0.3 is 5.32 Å². The number of anilines is 1. The van der Waals surface area contributed by atoms with Gasteiger partial charge in [-0.05, 0) is 42.8 Å². The number of nitrogens with one attached hydrogen (secondary N) is 2. The third kappa shape index (κ3) is 3.30. The van der Waals surface area contributed by atoms with Crippen molar-refractivity contribution in [3.63, 3.8) is 0 Å². The van der Waals surface area contributed by atoms with Gasteiger partial charge in [-0.25, -0.2) is 9.97 Å². The molecular weight excluding hydrogens is 345 g/mol. The minimum Gasteiger partial charge on any atom is -0.349 e. The lowest BCUT2D eigenvalue weighted by atomic mass is 10.0. The Bertz CT molecular complexity index is 1180. The van der Waals surface area contributed by atoms with E-state index in [-0.39, 0.29) is 0 Å². The predicted molar refractivity (Wildman–Crippen MR) is 98.1 cm³/mol. The van der Waals surface area contributed by atoms with Gasteiger partial charge in [0.15, 0.2) is 5.65 Å². The highest BCUT2D eigenvalue weighted by Gasteiger charge is 2.09. The van der Waals surface area contributed by atoms with Gasteiger partial charge in [0.2, 0.25) is 11.9 Å². The number of H-pyrrole nitrogens is 1. The van der Waals surface area contributed by atoms with Crippen molar-refractivity contribution < 1.29 is 4.39 Å². The van der Waals surface area contributed by atoms with Crippen LogP contribution >= 0.6 is 0 Å². The Kier molecular flexibility index (Phi) is 4.18. The average molecular weight is 359 g/mol. The maximum atomic E-state index is 13.2. The van der Waals surface area contributed by atoms with Crippen LogP contribution in [-0.4, -0.2) is 25.1 Å². The summed E-state index contributed by atoms with van der Waals surface area (Å²) in [5.74, 6) is -0.114. The van der Waals surface area contributed by atoms with E-state index in [2.05, 4.69) is 36.5 Å². The predicted octanol–water partition coefficient (Wildman–Crippen LogP) is 3.35. The number of halogens is 1. The van der Waals surface area contributed by atoms with Crippen LogP contribution in [0.15, 0.2) is 42.6 Å². The zero-order valence-corrected chi connectivity index (χ0v) is 14.4. The van der Waals surface area contributed by atoms with Crippen LogP contribution in [0.5, 0.6) is 0 Å². The molecule has 0 saturated carbocycles. The summed E-state index contributed by atoms with van der Waals surface area (Å²) in [5, 5.41) is 19.7. The summed E-state index contributed by atoms with van der Waals surface area (Å²) in [4.78, 5) is 12.5. The molecule has 0 unspecified atom stereocenters. The Morgan fingerprint density at radius 3 is 2.89 bits per heavy atom. The number of aromatic amines is 1. The van der Waals surface area contributed by atoms with Crippen molar-refractivity contribution in [3.05, 3.63) is 65.4 Å². The monoisotopic (exact) mass is 359 g/mol. The Morgan fingerprint density at radius 2 is 2.07 bits per heavy atom. The molecule has 3 heterocycles. The summed E-state index contributed by atoms with van der Waals surface area (Å²) in [7, 11) is 0. The smallest absolute Gasteiger partial charge is 0.223 e. The lowest BCUT2D eigenvalue weighted by Gasteiger charge is -2.08. The molecular formula is C19H14FN7. The maximum absolute atomic E-state index is 13.2. The Morgan fingerprint density at radius 1 is 1.19 bits per heavy atom. The van der Waals surface area contributed by atoms with Crippen LogP contribution in [-0.2, 0) is 6.54 Å². The van der Waals surface area contributed by atoms with E-state index in [0.29, 0.717) is 23.7 Å². The standard InChI is InChI=1S/C19H14FN7/c1-11-8-12(9-21)2-3-13(11)15-6-7-22-19(24-15)23-10-16-14-4-5-17(20)25-18(14)27-26-16/h2-8H,10H2,1H3,(H,22,23,24)(H,25,26,27). The van der Waals surface area contributed by atoms with Crippen LogP contribution in [0.4, 0.5) is 10.3 Å². The van der Waals surface area contributed by atoms with Crippen LogP contribution in [0.3, 0.4) is 0 Å². The second kappa shape index (κ2) is 6.80. The second-order valence-electron chi connectivity index (χ2n) is 5.97. The zero-order valence-electron chi connectivity index (χ0n) is 14.4. The quantitative estimate of drug-likeness (QED) is 0.542. The summed E-state index contributed by atoms with van der Waals surface area (Å²) in [6, 6.07) is 12.3. The van der Waals surface area contributed by atoms with Gasteiger partial charge in [-0.1, -0.05) is 6.07 Å². The molecule has 0 aliphatic heterocycles. The van der Waals surface area contributed by atoms with E-state index in [4.69, 9.17) is 5.26 Å². The lowest BCUT2D eigenvalue weighted by Crippen LogP contribution is -2.05. The molecule has 7 nitrogen and oxygen atoms in total. The first-order valence-corrected chi connectivity index (χ1v) is 8.21. The fourth-order valence-electron chi connectivity index (χ4n) is 2.84. The highest BCUT2D eigenvalue weighted by Crippen LogP contribution is 2.23. The molecule has 8 heteroatoms. The molecule has 0 aliphatic rings. The minimum atomic E-state index is -0.567. The van der Waals surface area contributed by atoms with Crippen molar-refractivity contribution in [2.45, 2.75) is 13.5 Å². The van der Waals surface area contributed by atoms with Crippen molar-refractivity contribution in [2.75, 3.05) is 5.32 Å². The molecule has 3 aromatic heterocycles. The largest absolute Gasteiger partial charge is 0.349 e. The molecule has 27 heavy (non-hydrogen) atoms. The van der Waals surface area contributed by atoms with Gasteiger partial charge in [-0.2, -0.15) is 19.7 Å². The number of nitriles is 1. The normalized spacial score (nSPS) is 10.7. The summed E-state index contributed by atoms with van der Waals surface area (Å²) in [6.45, 7) is 2.33. The molecule has 0 atom stereocenters. The molecule has 1 aromatic carbocycles. The van der Waals surface area contributed by atoms with Crippen molar-refractivity contribution in [1.29, 1.82) is 5.26 Å². The van der Waals surface area contributed by atoms with Crippen LogP contribution in [0, 0.1) is 24.2 Å². The van der Waals surface area contributed by atoms with Gasteiger partial charge in [0.05, 0.1) is 29.6 Å². The van der Waals surface area contributed by atoms with Crippen LogP contribution in [0.1, 0.15) is 16.8 Å². The SMILES string of the molecule is Cc1cc(C#N)ccc1-c1ccnc(NCc2[nH]nc3nc(F)ccc23)n1. The molecule has 0 spiro atoms. The number of hydrogen-bond acceptors (Lipinski definition) is 6. The molecule has 0 saturated heterocycles. The highest BCUT2D eigenvalue weighted by atomic mass is 19.1. The second-order valence-corrected chi connectivity index (χ2v) is 5.97. The fraction of sp³-hybridized carbons (Fsp3) is 0.105. The molecule has 0 aliphatic carbocycles. The van der Waals surface area contributed by atoms with Gasteiger partial charge in [-0.15, -0.1) is 0 Å². The van der Waals surface area contributed by atoms with Crippen molar-refractivity contribution in [1.82, 2.24) is 25.1 Å². The van der Waals surface area contributed by atoms with Crippen molar-refractivity contribution >= 4 is 17.0 Å². The molecule has 132 valence electrons. The average Bonchev–Trinajstić information content (AvgIpc) is 3.08. The summed E-state index contributed by atoms with van der Waals surface area (Å²) in [5.41, 5.74) is 4.36. The van der Waals surface area contributed by atoms with E-state index in [1.165, 1.54) is 6.07 Å². The third-order valence-corrected chi connectivity index (χ3v) is 4.17. The number of aryl methyl sites for hydroxylation is 1. The van der Waals surface area contributed by atoms with Crippen LogP contribution < -0.4 is 5.32 Å². The first kappa shape index (κ1) is 16.6. The molecule has 0 fully saturated rings. The topological polar surface area (TPSA) is 103 Å². The van der Waals surface area contributed by atoms with Gasteiger partial charge in [-0.3, -0.25) is 5.10 Å². The first-order valence-electron chi connectivity index (χ1n) is 8.21. The Balaban J connectivity index is 1.57. The van der Waals surface area contributed by atoms with E-state index in [1.807, 2.05) is 25.1 Å². The molecule has 0 bridgehead atoms. The fourth-order valence-corrected chi connectivity index (χ4v) is 2.84. The van der Waals surface area contributed by atoms with E-state index < -0.39 is 5.95 Å². The van der Waals surface area contributed by atoms with Gasteiger partial charge in [0, 0.05) is 17.1 Å². The van der Waals surface area contributed by atoms with Crippen LogP contribution in [0.25, 0.3) is 22.3 Å². The molecule has 4 aromatic rings. The molecule has 4 rings (SSSR count). The Hall–Kier alpha value is -3.86. The van der Waals surface area contributed by atoms with E-state index >= 15 is 0 Å². The summed E-state index contributed by atoms with van der Waals surface area (Å²) in [6.07, 6.45) is 1.67. The number of nitrogens with zero attached hydrogens (tertiary/aromatic N) is 5. The van der Waals surface area contributed by atoms with Crippen molar-refractivity contribution in [2.24, 2.45) is 0 Å². The number of hydrogen-bond donors (Lipinski definition) is 2. The van der Waals surface area contributed by atoms with Crippen LogP contribution in [0.2, 0.25) is 0 Å². The molecule has 0 radical (unpaired) electrons. The van der Waals surface area contributed by atoms with Gasteiger partial charge in [0.25, 0.3) is 0 Å². The number of aromatic nitrogens is 5. The number of fused-ring (bicyclic) bond motifs is 1. The first-order chi connectivity index (χ1) is 13.1. The molecule has 2 N–H and O–H groups in total. The Labute approximate surface area is 153 Å². The molecule has 0 amide bonds.